The average molecular weight is 281 g/mol. The number of hydrogen-bond acceptors (Lipinski definition) is 4. The molecule has 0 aromatic heterocycles. The molecule has 0 aliphatic carbocycles. The number of benzene rings is 1. The Labute approximate surface area is 118 Å². The fourth-order valence-corrected chi connectivity index (χ4v) is 2.20. The van der Waals surface area contributed by atoms with Gasteiger partial charge in [0.15, 0.2) is 6.29 Å². The van der Waals surface area contributed by atoms with E-state index in [2.05, 4.69) is 11.9 Å². The van der Waals surface area contributed by atoms with Crippen LogP contribution in [0.5, 0.6) is 0 Å². The number of carbonyl (C=O) groups is 1. The number of nitrogens with one attached hydrogen (secondary N) is 1. The van der Waals surface area contributed by atoms with E-state index < -0.39 is 0 Å². The molecule has 0 spiro atoms. The predicted molar refractivity (Wildman–Crippen MR) is 77.1 cm³/mol. The molecule has 19 heavy (non-hydrogen) atoms. The normalized spacial score (nSPS) is 10.5. The highest BCUT2D eigenvalue weighted by atomic mass is 32.2. The fraction of sp³-hybridized carbons (Fsp3) is 0.357. The Bertz CT molecular complexity index is 402. The van der Waals surface area contributed by atoms with Crippen molar-refractivity contribution >= 4 is 17.7 Å². The van der Waals surface area contributed by atoms with Crippen molar-refractivity contribution in [3.63, 3.8) is 0 Å². The molecular weight excluding hydrogens is 262 g/mol. The lowest BCUT2D eigenvalue weighted by Crippen LogP contribution is -2.24. The van der Waals surface area contributed by atoms with Gasteiger partial charge >= 0.3 is 0 Å². The molecule has 104 valence electrons. The maximum Gasteiger partial charge on any atom is 0.230 e. The molecule has 0 atom stereocenters. The first-order chi connectivity index (χ1) is 9.21. The van der Waals surface area contributed by atoms with Crippen LogP contribution in [-0.2, 0) is 14.3 Å². The molecule has 1 amide bonds. The molecule has 4 nitrogen and oxygen atoms in total. The van der Waals surface area contributed by atoms with Crippen LogP contribution in [-0.4, -0.2) is 32.4 Å². The Balaban J connectivity index is 2.48. The quantitative estimate of drug-likeness (QED) is 0.451. The van der Waals surface area contributed by atoms with Crippen LogP contribution in [0.25, 0.3) is 0 Å². The molecule has 1 aromatic carbocycles. The SMILES string of the molecule is C=CCNC(=O)CSc1ccc(C(OC)OC)cc1. The molecule has 0 aliphatic heterocycles. The summed E-state index contributed by atoms with van der Waals surface area (Å²) in [7, 11) is 3.20. The van der Waals surface area contributed by atoms with E-state index in [0.717, 1.165) is 10.5 Å². The van der Waals surface area contributed by atoms with Crippen LogP contribution in [0, 0.1) is 0 Å². The van der Waals surface area contributed by atoms with E-state index in [1.807, 2.05) is 24.3 Å². The zero-order chi connectivity index (χ0) is 14.1. The standard InChI is InChI=1S/C14H19NO3S/c1-4-9-15-13(16)10-19-12-7-5-11(6-8-12)14(17-2)18-3/h4-8,14H,1,9-10H2,2-3H3,(H,15,16). The maximum atomic E-state index is 11.4. The van der Waals surface area contributed by atoms with Crippen molar-refractivity contribution < 1.29 is 14.3 Å². The van der Waals surface area contributed by atoms with E-state index in [1.54, 1.807) is 20.3 Å². The van der Waals surface area contributed by atoms with Crippen LogP contribution < -0.4 is 5.32 Å². The first kappa shape index (κ1) is 15.8. The molecule has 1 aromatic rings. The van der Waals surface area contributed by atoms with Crippen molar-refractivity contribution in [2.75, 3.05) is 26.5 Å². The average Bonchev–Trinajstić information content (AvgIpc) is 2.45. The van der Waals surface area contributed by atoms with Crippen LogP contribution in [0.3, 0.4) is 0 Å². The van der Waals surface area contributed by atoms with Gasteiger partial charge in [0.25, 0.3) is 0 Å². The molecule has 0 aliphatic rings. The molecule has 0 bridgehead atoms. The Kier molecular flexibility index (Phi) is 7.25. The minimum Gasteiger partial charge on any atom is -0.352 e. The van der Waals surface area contributed by atoms with E-state index in [4.69, 9.17) is 9.47 Å². The van der Waals surface area contributed by atoms with Gasteiger partial charge in [0.2, 0.25) is 5.91 Å². The first-order valence-electron chi connectivity index (χ1n) is 5.87. The van der Waals surface area contributed by atoms with Gasteiger partial charge in [-0.05, 0) is 12.1 Å². The monoisotopic (exact) mass is 281 g/mol. The number of amides is 1. The summed E-state index contributed by atoms with van der Waals surface area (Å²) in [5, 5.41) is 2.73. The fourth-order valence-electron chi connectivity index (χ4n) is 1.48. The molecular formula is C14H19NO3S. The van der Waals surface area contributed by atoms with Crippen molar-refractivity contribution in [1.29, 1.82) is 0 Å². The number of rotatable bonds is 8. The summed E-state index contributed by atoms with van der Waals surface area (Å²) in [6.45, 7) is 4.05. The molecule has 0 heterocycles. The third-order valence-electron chi connectivity index (χ3n) is 2.39. The predicted octanol–water partition coefficient (Wildman–Crippen LogP) is 2.37. The summed E-state index contributed by atoms with van der Waals surface area (Å²) in [5.41, 5.74) is 0.949. The zero-order valence-corrected chi connectivity index (χ0v) is 12.0. The van der Waals surface area contributed by atoms with Crippen LogP contribution in [0.15, 0.2) is 41.8 Å². The van der Waals surface area contributed by atoms with Crippen LogP contribution in [0.1, 0.15) is 11.9 Å². The molecule has 0 radical (unpaired) electrons. The number of thioether (sulfide) groups is 1. The lowest BCUT2D eigenvalue weighted by Gasteiger charge is -2.13. The first-order valence-corrected chi connectivity index (χ1v) is 6.85. The van der Waals surface area contributed by atoms with Gasteiger partial charge in [0.05, 0.1) is 5.75 Å². The second kappa shape index (κ2) is 8.74. The van der Waals surface area contributed by atoms with E-state index in [-0.39, 0.29) is 12.2 Å². The van der Waals surface area contributed by atoms with Crippen LogP contribution in [0.2, 0.25) is 0 Å². The van der Waals surface area contributed by atoms with Crippen LogP contribution >= 0.6 is 11.8 Å². The van der Waals surface area contributed by atoms with E-state index in [1.165, 1.54) is 11.8 Å². The molecule has 0 saturated heterocycles. The van der Waals surface area contributed by atoms with E-state index in [0.29, 0.717) is 12.3 Å². The van der Waals surface area contributed by atoms with Crippen LogP contribution in [0.4, 0.5) is 0 Å². The number of hydrogen-bond donors (Lipinski definition) is 1. The Morgan fingerprint density at radius 3 is 2.53 bits per heavy atom. The third-order valence-corrected chi connectivity index (χ3v) is 3.41. The maximum absolute atomic E-state index is 11.4. The summed E-state index contributed by atoms with van der Waals surface area (Å²) >= 11 is 1.49. The lowest BCUT2D eigenvalue weighted by atomic mass is 10.2. The highest BCUT2D eigenvalue weighted by Crippen LogP contribution is 2.22. The largest absolute Gasteiger partial charge is 0.352 e. The van der Waals surface area contributed by atoms with Gasteiger partial charge in [-0.3, -0.25) is 4.79 Å². The van der Waals surface area contributed by atoms with E-state index >= 15 is 0 Å². The molecule has 0 fully saturated rings. The van der Waals surface area contributed by atoms with Crippen molar-refractivity contribution in [2.24, 2.45) is 0 Å². The smallest absolute Gasteiger partial charge is 0.230 e. The van der Waals surface area contributed by atoms with Gasteiger partial charge in [0, 0.05) is 31.2 Å². The van der Waals surface area contributed by atoms with Gasteiger partial charge in [-0.25, -0.2) is 0 Å². The highest BCUT2D eigenvalue weighted by molar-refractivity contribution is 8.00. The van der Waals surface area contributed by atoms with Crippen molar-refractivity contribution in [3.05, 3.63) is 42.5 Å². The Hall–Kier alpha value is -1.30. The lowest BCUT2D eigenvalue weighted by molar-refractivity contribution is -0.118. The molecule has 0 unspecified atom stereocenters. The summed E-state index contributed by atoms with van der Waals surface area (Å²) in [6, 6.07) is 7.76. The number of methoxy groups -OCH3 is 2. The molecule has 5 heteroatoms. The Morgan fingerprint density at radius 1 is 1.37 bits per heavy atom. The zero-order valence-electron chi connectivity index (χ0n) is 11.2. The van der Waals surface area contributed by atoms with Crippen molar-refractivity contribution in [2.45, 2.75) is 11.2 Å². The van der Waals surface area contributed by atoms with Crippen molar-refractivity contribution in [3.8, 4) is 0 Å². The van der Waals surface area contributed by atoms with Crippen molar-refractivity contribution in [1.82, 2.24) is 5.32 Å². The summed E-state index contributed by atoms with van der Waals surface area (Å²) in [5.74, 6) is 0.395. The summed E-state index contributed by atoms with van der Waals surface area (Å²) < 4.78 is 10.3. The molecule has 1 rings (SSSR count). The minimum atomic E-state index is -0.352. The number of carbonyl (C=O) groups excluding carboxylic acids is 1. The van der Waals surface area contributed by atoms with Gasteiger partial charge < -0.3 is 14.8 Å². The summed E-state index contributed by atoms with van der Waals surface area (Å²) in [4.78, 5) is 12.5. The van der Waals surface area contributed by atoms with Gasteiger partial charge in [-0.15, -0.1) is 18.3 Å². The minimum absolute atomic E-state index is 0.000589. The third kappa shape index (κ3) is 5.46. The highest BCUT2D eigenvalue weighted by Gasteiger charge is 2.08. The second-order valence-corrected chi connectivity index (χ2v) is 4.80. The molecule has 0 saturated carbocycles. The van der Waals surface area contributed by atoms with E-state index in [9.17, 15) is 4.79 Å². The van der Waals surface area contributed by atoms with Gasteiger partial charge in [-0.2, -0.15) is 0 Å². The number of ether oxygens (including phenoxy) is 2. The Morgan fingerprint density at radius 2 is 2.00 bits per heavy atom. The topological polar surface area (TPSA) is 47.6 Å². The second-order valence-electron chi connectivity index (χ2n) is 3.75. The van der Waals surface area contributed by atoms with Gasteiger partial charge in [0.1, 0.15) is 0 Å². The molecule has 1 N–H and O–H groups in total. The van der Waals surface area contributed by atoms with Gasteiger partial charge in [-0.1, -0.05) is 18.2 Å². The summed E-state index contributed by atoms with van der Waals surface area (Å²) in [6.07, 6.45) is 1.31.